The van der Waals surface area contributed by atoms with E-state index in [2.05, 4.69) is 35.0 Å². The molecule has 1 saturated heterocycles. The SMILES string of the molecule is C=CCCNCc1cccc(N2CCCCC2)n1. The molecule has 0 aliphatic carbocycles. The predicted octanol–water partition coefficient (Wildman–Crippen LogP) is 2.74. The molecular formula is C15H23N3. The van der Waals surface area contributed by atoms with Crippen LogP contribution in [0, 0.1) is 0 Å². The Kier molecular flexibility index (Phi) is 5.21. The number of aromatic nitrogens is 1. The van der Waals surface area contributed by atoms with E-state index in [9.17, 15) is 0 Å². The van der Waals surface area contributed by atoms with Gasteiger partial charge in [0.1, 0.15) is 5.82 Å². The first-order chi connectivity index (χ1) is 8.90. The van der Waals surface area contributed by atoms with Crippen molar-refractivity contribution < 1.29 is 0 Å². The third kappa shape index (κ3) is 3.84. The molecule has 1 aliphatic heterocycles. The third-order valence-electron chi connectivity index (χ3n) is 3.30. The zero-order valence-corrected chi connectivity index (χ0v) is 11.1. The highest BCUT2D eigenvalue weighted by Crippen LogP contribution is 2.17. The minimum atomic E-state index is 0.843. The molecule has 1 aliphatic rings. The molecule has 0 spiro atoms. The topological polar surface area (TPSA) is 28.2 Å². The first kappa shape index (κ1) is 13.1. The molecule has 98 valence electrons. The maximum absolute atomic E-state index is 4.73. The Morgan fingerprint density at radius 2 is 2.11 bits per heavy atom. The van der Waals surface area contributed by atoms with E-state index in [-0.39, 0.29) is 0 Å². The fourth-order valence-corrected chi connectivity index (χ4v) is 2.29. The second-order valence-corrected chi connectivity index (χ2v) is 4.79. The van der Waals surface area contributed by atoms with Gasteiger partial charge in [-0.1, -0.05) is 12.1 Å². The smallest absolute Gasteiger partial charge is 0.128 e. The molecule has 3 heteroatoms. The van der Waals surface area contributed by atoms with Gasteiger partial charge in [-0.05, 0) is 44.4 Å². The number of rotatable bonds is 6. The lowest BCUT2D eigenvalue weighted by molar-refractivity contribution is 0.572. The van der Waals surface area contributed by atoms with Gasteiger partial charge in [-0.15, -0.1) is 6.58 Å². The van der Waals surface area contributed by atoms with Gasteiger partial charge in [-0.25, -0.2) is 4.98 Å². The molecular weight excluding hydrogens is 222 g/mol. The molecule has 1 aromatic rings. The Labute approximate surface area is 110 Å². The number of nitrogens with zero attached hydrogens (tertiary/aromatic N) is 2. The van der Waals surface area contributed by atoms with Gasteiger partial charge >= 0.3 is 0 Å². The lowest BCUT2D eigenvalue weighted by Crippen LogP contribution is -2.30. The van der Waals surface area contributed by atoms with Crippen molar-refractivity contribution in [2.24, 2.45) is 0 Å². The molecule has 2 rings (SSSR count). The Balaban J connectivity index is 1.89. The van der Waals surface area contributed by atoms with Crippen molar-refractivity contribution in [2.75, 3.05) is 24.5 Å². The number of anilines is 1. The average molecular weight is 245 g/mol. The summed E-state index contributed by atoms with van der Waals surface area (Å²) in [4.78, 5) is 7.13. The molecule has 1 N–H and O–H groups in total. The molecule has 0 radical (unpaired) electrons. The Morgan fingerprint density at radius 3 is 2.89 bits per heavy atom. The molecule has 3 nitrogen and oxygen atoms in total. The number of nitrogens with one attached hydrogen (secondary N) is 1. The van der Waals surface area contributed by atoms with Crippen LogP contribution in [0.5, 0.6) is 0 Å². The Bertz CT molecular complexity index is 370. The van der Waals surface area contributed by atoms with Crippen molar-refractivity contribution in [3.63, 3.8) is 0 Å². The number of hydrogen-bond acceptors (Lipinski definition) is 3. The fraction of sp³-hybridized carbons (Fsp3) is 0.533. The second-order valence-electron chi connectivity index (χ2n) is 4.79. The van der Waals surface area contributed by atoms with Gasteiger partial charge in [0, 0.05) is 19.6 Å². The highest BCUT2D eigenvalue weighted by atomic mass is 15.2. The van der Waals surface area contributed by atoms with Gasteiger partial charge in [0.05, 0.1) is 5.69 Å². The van der Waals surface area contributed by atoms with Gasteiger partial charge in [0.2, 0.25) is 0 Å². The van der Waals surface area contributed by atoms with E-state index < -0.39 is 0 Å². The molecule has 0 saturated carbocycles. The van der Waals surface area contributed by atoms with Crippen LogP contribution in [0.25, 0.3) is 0 Å². The van der Waals surface area contributed by atoms with E-state index >= 15 is 0 Å². The summed E-state index contributed by atoms with van der Waals surface area (Å²) >= 11 is 0. The number of hydrogen-bond donors (Lipinski definition) is 1. The summed E-state index contributed by atoms with van der Waals surface area (Å²) in [6.45, 7) is 7.84. The fourth-order valence-electron chi connectivity index (χ4n) is 2.29. The van der Waals surface area contributed by atoms with Gasteiger partial charge < -0.3 is 10.2 Å². The zero-order valence-electron chi connectivity index (χ0n) is 11.1. The predicted molar refractivity (Wildman–Crippen MR) is 76.8 cm³/mol. The van der Waals surface area contributed by atoms with Crippen molar-refractivity contribution in [1.29, 1.82) is 0 Å². The zero-order chi connectivity index (χ0) is 12.6. The maximum Gasteiger partial charge on any atom is 0.128 e. The molecule has 0 amide bonds. The monoisotopic (exact) mass is 245 g/mol. The van der Waals surface area contributed by atoms with E-state index in [0.717, 1.165) is 44.1 Å². The summed E-state index contributed by atoms with van der Waals surface area (Å²) in [5, 5.41) is 3.38. The normalized spacial score (nSPS) is 15.7. The van der Waals surface area contributed by atoms with E-state index in [1.807, 2.05) is 6.08 Å². The lowest BCUT2D eigenvalue weighted by Gasteiger charge is -2.28. The van der Waals surface area contributed by atoms with Crippen LogP contribution in [0.2, 0.25) is 0 Å². The van der Waals surface area contributed by atoms with Crippen LogP contribution >= 0.6 is 0 Å². The molecule has 0 unspecified atom stereocenters. The minimum absolute atomic E-state index is 0.843. The highest BCUT2D eigenvalue weighted by molar-refractivity contribution is 5.39. The Hall–Kier alpha value is -1.35. The van der Waals surface area contributed by atoms with Crippen LogP contribution < -0.4 is 10.2 Å². The number of pyridine rings is 1. The summed E-state index contributed by atoms with van der Waals surface area (Å²) in [7, 11) is 0. The Morgan fingerprint density at radius 1 is 1.28 bits per heavy atom. The van der Waals surface area contributed by atoms with Crippen molar-refractivity contribution in [1.82, 2.24) is 10.3 Å². The van der Waals surface area contributed by atoms with Gasteiger partial charge in [0.25, 0.3) is 0 Å². The standard InChI is InChI=1S/C15H23N3/c1-2-3-10-16-13-14-8-7-9-15(17-14)18-11-5-4-6-12-18/h2,7-9,16H,1,3-6,10-13H2. The quantitative estimate of drug-likeness (QED) is 0.617. The average Bonchev–Trinajstić information content (AvgIpc) is 2.45. The number of piperidine rings is 1. The van der Waals surface area contributed by atoms with E-state index in [1.165, 1.54) is 19.3 Å². The second kappa shape index (κ2) is 7.17. The van der Waals surface area contributed by atoms with Crippen molar-refractivity contribution in [2.45, 2.75) is 32.2 Å². The first-order valence-electron chi connectivity index (χ1n) is 6.92. The van der Waals surface area contributed by atoms with Crippen LogP contribution in [0.1, 0.15) is 31.4 Å². The van der Waals surface area contributed by atoms with Crippen LogP contribution in [0.15, 0.2) is 30.9 Å². The minimum Gasteiger partial charge on any atom is -0.357 e. The molecule has 0 aromatic carbocycles. The molecule has 1 aromatic heterocycles. The van der Waals surface area contributed by atoms with Gasteiger partial charge in [-0.2, -0.15) is 0 Å². The molecule has 0 atom stereocenters. The summed E-state index contributed by atoms with van der Waals surface area (Å²) in [5.41, 5.74) is 1.13. The van der Waals surface area contributed by atoms with Gasteiger partial charge in [0.15, 0.2) is 0 Å². The summed E-state index contributed by atoms with van der Waals surface area (Å²) in [5.74, 6) is 1.14. The van der Waals surface area contributed by atoms with Gasteiger partial charge in [-0.3, -0.25) is 0 Å². The summed E-state index contributed by atoms with van der Waals surface area (Å²) in [6, 6.07) is 6.33. The summed E-state index contributed by atoms with van der Waals surface area (Å²) < 4.78 is 0. The van der Waals surface area contributed by atoms with E-state index in [0.29, 0.717) is 0 Å². The van der Waals surface area contributed by atoms with Crippen molar-refractivity contribution in [3.8, 4) is 0 Å². The van der Waals surface area contributed by atoms with E-state index in [4.69, 9.17) is 4.98 Å². The largest absolute Gasteiger partial charge is 0.357 e. The maximum atomic E-state index is 4.73. The van der Waals surface area contributed by atoms with Crippen molar-refractivity contribution >= 4 is 5.82 Å². The van der Waals surface area contributed by atoms with E-state index in [1.54, 1.807) is 0 Å². The highest BCUT2D eigenvalue weighted by Gasteiger charge is 2.11. The van der Waals surface area contributed by atoms with Crippen LogP contribution in [-0.2, 0) is 6.54 Å². The molecule has 0 bridgehead atoms. The third-order valence-corrected chi connectivity index (χ3v) is 3.30. The van der Waals surface area contributed by atoms with Crippen molar-refractivity contribution in [3.05, 3.63) is 36.5 Å². The first-order valence-corrected chi connectivity index (χ1v) is 6.92. The van der Waals surface area contributed by atoms with Crippen LogP contribution in [0.4, 0.5) is 5.82 Å². The van der Waals surface area contributed by atoms with Crippen LogP contribution in [-0.4, -0.2) is 24.6 Å². The summed E-state index contributed by atoms with van der Waals surface area (Å²) in [6.07, 6.45) is 6.89. The molecule has 1 fully saturated rings. The molecule has 2 heterocycles. The van der Waals surface area contributed by atoms with Crippen LogP contribution in [0.3, 0.4) is 0 Å². The molecule has 18 heavy (non-hydrogen) atoms. The lowest BCUT2D eigenvalue weighted by atomic mass is 10.1.